The first-order valence-corrected chi connectivity index (χ1v) is 6.92. The second-order valence-electron chi connectivity index (χ2n) is 5.02. The summed E-state index contributed by atoms with van der Waals surface area (Å²) in [6.45, 7) is 0. The van der Waals surface area contributed by atoms with Crippen molar-refractivity contribution < 1.29 is 0 Å². The van der Waals surface area contributed by atoms with Crippen molar-refractivity contribution in [3.63, 3.8) is 0 Å². The van der Waals surface area contributed by atoms with Gasteiger partial charge in [0.05, 0.1) is 10.7 Å². The molecule has 0 saturated heterocycles. The molecule has 2 fully saturated rings. The lowest BCUT2D eigenvalue weighted by molar-refractivity contribution is 0.350. The predicted molar refractivity (Wildman–Crippen MR) is 63.3 cm³/mol. The molecule has 15 heavy (non-hydrogen) atoms. The summed E-state index contributed by atoms with van der Waals surface area (Å²) in [6.07, 6.45) is 7.80. The molecule has 2 aliphatic rings. The number of hydrogen-bond acceptors (Lipinski definition) is 3. The molecule has 82 valence electrons. The first-order chi connectivity index (χ1) is 7.33. The van der Waals surface area contributed by atoms with Gasteiger partial charge < -0.3 is 5.73 Å². The fraction of sp³-hybridized carbons (Fsp3) is 0.750. The third-order valence-corrected chi connectivity index (χ3v) is 4.86. The molecule has 0 spiro atoms. The van der Waals surface area contributed by atoms with E-state index in [0.29, 0.717) is 12.0 Å². The molecule has 2 aliphatic carbocycles. The summed E-state index contributed by atoms with van der Waals surface area (Å²) in [5.41, 5.74) is 7.18. The number of nitrogens with two attached hydrogens (primary N) is 1. The third kappa shape index (κ3) is 1.83. The Hall–Kier alpha value is -0.410. The third-order valence-electron chi connectivity index (χ3n) is 3.84. The van der Waals surface area contributed by atoms with E-state index in [4.69, 9.17) is 10.7 Å². The van der Waals surface area contributed by atoms with Crippen molar-refractivity contribution in [2.24, 2.45) is 5.73 Å². The van der Waals surface area contributed by atoms with Crippen LogP contribution in [0.4, 0.5) is 0 Å². The van der Waals surface area contributed by atoms with Crippen molar-refractivity contribution in [2.75, 3.05) is 0 Å². The van der Waals surface area contributed by atoms with E-state index in [-0.39, 0.29) is 0 Å². The normalized spacial score (nSPS) is 31.8. The van der Waals surface area contributed by atoms with Gasteiger partial charge in [0, 0.05) is 23.3 Å². The largest absolute Gasteiger partial charge is 0.328 e. The standard InChI is InChI=1S/C12H18N2S/c13-10-5-9(6-10)12-14-11(7-15-12)8-3-1-2-4-8/h7-10H,1-6,13H2. The molecule has 0 aliphatic heterocycles. The zero-order chi connectivity index (χ0) is 10.3. The van der Waals surface area contributed by atoms with Gasteiger partial charge in [0.25, 0.3) is 0 Å². The molecule has 0 aromatic carbocycles. The molecule has 0 atom stereocenters. The average molecular weight is 222 g/mol. The number of nitrogens with zero attached hydrogens (tertiary/aromatic N) is 1. The fourth-order valence-electron chi connectivity index (χ4n) is 2.76. The molecule has 1 aromatic heterocycles. The molecule has 2 saturated carbocycles. The van der Waals surface area contributed by atoms with Gasteiger partial charge in [-0.05, 0) is 25.7 Å². The molecule has 2 nitrogen and oxygen atoms in total. The Labute approximate surface area is 94.9 Å². The van der Waals surface area contributed by atoms with Crippen molar-refractivity contribution in [1.29, 1.82) is 0 Å². The lowest BCUT2D eigenvalue weighted by Gasteiger charge is -2.30. The Kier molecular flexibility index (Phi) is 2.53. The average Bonchev–Trinajstić information content (AvgIpc) is 2.83. The van der Waals surface area contributed by atoms with Gasteiger partial charge >= 0.3 is 0 Å². The number of aromatic nitrogens is 1. The van der Waals surface area contributed by atoms with Crippen LogP contribution in [-0.4, -0.2) is 11.0 Å². The van der Waals surface area contributed by atoms with Crippen molar-refractivity contribution in [2.45, 2.75) is 56.4 Å². The minimum absolute atomic E-state index is 0.439. The second kappa shape index (κ2) is 3.87. The molecule has 1 aromatic rings. The monoisotopic (exact) mass is 222 g/mol. The number of hydrogen-bond donors (Lipinski definition) is 1. The van der Waals surface area contributed by atoms with E-state index in [2.05, 4.69) is 5.38 Å². The van der Waals surface area contributed by atoms with Gasteiger partial charge in [-0.15, -0.1) is 11.3 Å². The molecule has 0 radical (unpaired) electrons. The number of thiazole rings is 1. The first kappa shape index (κ1) is 9.79. The predicted octanol–water partition coefficient (Wildman–Crippen LogP) is 3.01. The van der Waals surface area contributed by atoms with Crippen molar-refractivity contribution >= 4 is 11.3 Å². The van der Waals surface area contributed by atoms with Crippen LogP contribution in [0.15, 0.2) is 5.38 Å². The second-order valence-corrected chi connectivity index (χ2v) is 5.91. The lowest BCUT2D eigenvalue weighted by Crippen LogP contribution is -2.34. The summed E-state index contributed by atoms with van der Waals surface area (Å²) >= 11 is 1.86. The molecular formula is C12H18N2S. The van der Waals surface area contributed by atoms with Gasteiger partial charge in [-0.25, -0.2) is 4.98 Å². The van der Waals surface area contributed by atoms with Crippen LogP contribution in [0.25, 0.3) is 0 Å². The maximum absolute atomic E-state index is 5.81. The molecular weight excluding hydrogens is 204 g/mol. The van der Waals surface area contributed by atoms with Gasteiger partial charge in [-0.3, -0.25) is 0 Å². The first-order valence-electron chi connectivity index (χ1n) is 6.04. The zero-order valence-corrected chi connectivity index (χ0v) is 9.80. The van der Waals surface area contributed by atoms with E-state index in [1.807, 2.05) is 11.3 Å². The molecule has 1 heterocycles. The maximum atomic E-state index is 5.81. The van der Waals surface area contributed by atoms with Crippen LogP contribution in [0.3, 0.4) is 0 Å². The molecule has 3 heteroatoms. The van der Waals surface area contributed by atoms with Gasteiger partial charge in [0.1, 0.15) is 0 Å². The highest BCUT2D eigenvalue weighted by Crippen LogP contribution is 2.40. The Morgan fingerprint density at radius 1 is 1.20 bits per heavy atom. The van der Waals surface area contributed by atoms with E-state index in [1.165, 1.54) is 36.4 Å². The molecule has 0 unspecified atom stereocenters. The summed E-state index contributed by atoms with van der Waals surface area (Å²) in [6, 6.07) is 0.439. The van der Waals surface area contributed by atoms with Gasteiger partial charge in [0.2, 0.25) is 0 Å². The Bertz CT molecular complexity index is 335. The highest BCUT2D eigenvalue weighted by molar-refractivity contribution is 7.09. The smallest absolute Gasteiger partial charge is 0.0960 e. The van der Waals surface area contributed by atoms with Crippen LogP contribution < -0.4 is 5.73 Å². The molecule has 3 rings (SSSR count). The summed E-state index contributed by atoms with van der Waals surface area (Å²) in [5.74, 6) is 1.45. The zero-order valence-electron chi connectivity index (χ0n) is 8.98. The Morgan fingerprint density at radius 2 is 1.93 bits per heavy atom. The fourth-order valence-corrected chi connectivity index (χ4v) is 3.79. The number of rotatable bonds is 2. The van der Waals surface area contributed by atoms with Crippen LogP contribution >= 0.6 is 11.3 Å². The summed E-state index contributed by atoms with van der Waals surface area (Å²) in [5, 5.41) is 3.63. The van der Waals surface area contributed by atoms with Crippen LogP contribution in [-0.2, 0) is 0 Å². The van der Waals surface area contributed by atoms with Gasteiger partial charge in [-0.1, -0.05) is 12.8 Å². The quantitative estimate of drug-likeness (QED) is 0.835. The lowest BCUT2D eigenvalue weighted by atomic mass is 9.81. The topological polar surface area (TPSA) is 38.9 Å². The highest BCUT2D eigenvalue weighted by Gasteiger charge is 2.30. The molecule has 0 amide bonds. The van der Waals surface area contributed by atoms with E-state index in [1.54, 1.807) is 0 Å². The minimum Gasteiger partial charge on any atom is -0.328 e. The van der Waals surface area contributed by atoms with Crippen LogP contribution in [0.2, 0.25) is 0 Å². The minimum atomic E-state index is 0.439. The summed E-state index contributed by atoms with van der Waals surface area (Å²) in [7, 11) is 0. The van der Waals surface area contributed by atoms with Crippen molar-refractivity contribution in [3.8, 4) is 0 Å². The Balaban J connectivity index is 1.70. The summed E-state index contributed by atoms with van der Waals surface area (Å²) < 4.78 is 0. The van der Waals surface area contributed by atoms with Crippen molar-refractivity contribution in [1.82, 2.24) is 4.98 Å². The van der Waals surface area contributed by atoms with Gasteiger partial charge in [0.15, 0.2) is 0 Å². The molecule has 0 bridgehead atoms. The van der Waals surface area contributed by atoms with Crippen molar-refractivity contribution in [3.05, 3.63) is 16.1 Å². The maximum Gasteiger partial charge on any atom is 0.0960 e. The summed E-state index contributed by atoms with van der Waals surface area (Å²) in [4.78, 5) is 4.81. The van der Waals surface area contributed by atoms with E-state index >= 15 is 0 Å². The van der Waals surface area contributed by atoms with E-state index in [9.17, 15) is 0 Å². The van der Waals surface area contributed by atoms with Crippen LogP contribution in [0.1, 0.15) is 61.1 Å². The Morgan fingerprint density at radius 3 is 2.60 bits per heavy atom. The van der Waals surface area contributed by atoms with E-state index < -0.39 is 0 Å². The van der Waals surface area contributed by atoms with Crippen LogP contribution in [0.5, 0.6) is 0 Å². The van der Waals surface area contributed by atoms with Gasteiger partial charge in [-0.2, -0.15) is 0 Å². The van der Waals surface area contributed by atoms with E-state index in [0.717, 1.165) is 18.8 Å². The van der Waals surface area contributed by atoms with Crippen LogP contribution in [0, 0.1) is 0 Å². The SMILES string of the molecule is NC1CC(c2nc(C3CCCC3)cs2)C1. The highest BCUT2D eigenvalue weighted by atomic mass is 32.1. The molecule has 2 N–H and O–H groups in total.